The standard InChI is InChI=1S/C11H11N7O/c12-10-9-7(16-17-10)2-1-3-8(9)18-5-6(4-14-18)15-11(13)19/h1-5H,(H3,12,16,17)(H3,13,15,19). The summed E-state index contributed by atoms with van der Waals surface area (Å²) in [6.45, 7) is 0. The van der Waals surface area contributed by atoms with E-state index in [4.69, 9.17) is 11.5 Å². The van der Waals surface area contributed by atoms with Crippen molar-refractivity contribution in [3.8, 4) is 5.69 Å². The van der Waals surface area contributed by atoms with Gasteiger partial charge in [-0.15, -0.1) is 0 Å². The molecule has 0 fully saturated rings. The molecule has 3 aromatic rings. The number of hydrogen-bond acceptors (Lipinski definition) is 4. The highest BCUT2D eigenvalue weighted by Crippen LogP contribution is 2.25. The maximum Gasteiger partial charge on any atom is 0.316 e. The topological polar surface area (TPSA) is 128 Å². The van der Waals surface area contributed by atoms with Crippen LogP contribution in [0.15, 0.2) is 30.6 Å². The minimum Gasteiger partial charge on any atom is -0.382 e. The van der Waals surface area contributed by atoms with E-state index >= 15 is 0 Å². The zero-order chi connectivity index (χ0) is 13.4. The first-order valence-electron chi connectivity index (χ1n) is 5.49. The van der Waals surface area contributed by atoms with E-state index in [2.05, 4.69) is 20.6 Å². The molecule has 6 N–H and O–H groups in total. The van der Waals surface area contributed by atoms with E-state index in [9.17, 15) is 4.79 Å². The lowest BCUT2D eigenvalue weighted by atomic mass is 10.2. The van der Waals surface area contributed by atoms with Gasteiger partial charge in [-0.1, -0.05) is 6.07 Å². The zero-order valence-corrected chi connectivity index (χ0v) is 9.79. The third-order valence-corrected chi connectivity index (χ3v) is 2.69. The van der Waals surface area contributed by atoms with E-state index in [1.54, 1.807) is 10.9 Å². The molecule has 8 heteroatoms. The molecular formula is C11H11N7O. The number of carbonyl (C=O) groups excluding carboxylic acids is 1. The van der Waals surface area contributed by atoms with E-state index < -0.39 is 6.03 Å². The van der Waals surface area contributed by atoms with Gasteiger partial charge in [0, 0.05) is 0 Å². The SMILES string of the molecule is NC(=O)Nc1cnn(-c2cccc3[nH]nc(N)c23)c1. The molecule has 0 saturated carbocycles. The average Bonchev–Trinajstić information content (AvgIpc) is 2.96. The normalized spacial score (nSPS) is 10.7. The fraction of sp³-hybridized carbons (Fsp3) is 0. The second kappa shape index (κ2) is 4.02. The number of fused-ring (bicyclic) bond motifs is 1. The van der Waals surface area contributed by atoms with Crippen LogP contribution in [0.1, 0.15) is 0 Å². The highest BCUT2D eigenvalue weighted by Gasteiger charge is 2.10. The van der Waals surface area contributed by atoms with Crippen LogP contribution in [-0.4, -0.2) is 26.0 Å². The predicted octanol–water partition coefficient (Wildman–Crippen LogP) is 0.821. The van der Waals surface area contributed by atoms with Crippen molar-refractivity contribution in [2.24, 2.45) is 5.73 Å². The summed E-state index contributed by atoms with van der Waals surface area (Å²) in [6, 6.07) is 4.95. The van der Waals surface area contributed by atoms with Crippen LogP contribution in [0.2, 0.25) is 0 Å². The Kier molecular flexibility index (Phi) is 2.34. The van der Waals surface area contributed by atoms with Gasteiger partial charge in [-0.3, -0.25) is 5.10 Å². The second-order valence-corrected chi connectivity index (χ2v) is 3.97. The number of nitrogens with zero attached hydrogens (tertiary/aromatic N) is 3. The van der Waals surface area contributed by atoms with Crippen LogP contribution in [0.5, 0.6) is 0 Å². The van der Waals surface area contributed by atoms with Gasteiger partial charge in [-0.25, -0.2) is 9.48 Å². The lowest BCUT2D eigenvalue weighted by Crippen LogP contribution is -2.18. The van der Waals surface area contributed by atoms with Crippen LogP contribution in [0, 0.1) is 0 Å². The third-order valence-electron chi connectivity index (χ3n) is 2.69. The minimum absolute atomic E-state index is 0.394. The van der Waals surface area contributed by atoms with Crippen molar-refractivity contribution >= 4 is 28.4 Å². The first kappa shape index (κ1) is 11.1. The van der Waals surface area contributed by atoms with Crippen LogP contribution in [0.25, 0.3) is 16.6 Å². The van der Waals surface area contributed by atoms with Crippen molar-refractivity contribution in [3.05, 3.63) is 30.6 Å². The molecule has 2 aromatic heterocycles. The molecule has 0 aliphatic carbocycles. The van der Waals surface area contributed by atoms with Gasteiger partial charge in [0.15, 0.2) is 5.82 Å². The molecule has 2 heterocycles. The zero-order valence-electron chi connectivity index (χ0n) is 9.79. The molecule has 0 aliphatic heterocycles. The number of nitrogens with two attached hydrogens (primary N) is 2. The van der Waals surface area contributed by atoms with E-state index in [0.29, 0.717) is 11.5 Å². The monoisotopic (exact) mass is 257 g/mol. The van der Waals surface area contributed by atoms with Gasteiger partial charge in [0.1, 0.15) is 0 Å². The van der Waals surface area contributed by atoms with Crippen LogP contribution in [0.3, 0.4) is 0 Å². The molecule has 0 bridgehead atoms. The van der Waals surface area contributed by atoms with Crippen molar-refractivity contribution in [3.63, 3.8) is 0 Å². The number of amides is 2. The van der Waals surface area contributed by atoms with Gasteiger partial charge in [0.05, 0.1) is 34.7 Å². The molecule has 8 nitrogen and oxygen atoms in total. The smallest absolute Gasteiger partial charge is 0.316 e. The maximum atomic E-state index is 10.8. The van der Waals surface area contributed by atoms with Gasteiger partial charge in [-0.2, -0.15) is 10.2 Å². The Morgan fingerprint density at radius 3 is 3.05 bits per heavy atom. The lowest BCUT2D eigenvalue weighted by Gasteiger charge is -2.03. The molecule has 2 amide bonds. The molecule has 3 rings (SSSR count). The Morgan fingerprint density at radius 1 is 1.42 bits per heavy atom. The molecule has 19 heavy (non-hydrogen) atoms. The Morgan fingerprint density at radius 2 is 2.26 bits per heavy atom. The van der Waals surface area contributed by atoms with E-state index in [0.717, 1.165) is 16.6 Å². The summed E-state index contributed by atoms with van der Waals surface area (Å²) in [5, 5.41) is 14.2. The van der Waals surface area contributed by atoms with Crippen molar-refractivity contribution in [2.75, 3.05) is 11.1 Å². The Bertz CT molecular complexity index is 757. The highest BCUT2D eigenvalue weighted by molar-refractivity contribution is 5.96. The average molecular weight is 257 g/mol. The van der Waals surface area contributed by atoms with Gasteiger partial charge in [0.25, 0.3) is 0 Å². The number of benzene rings is 1. The first-order valence-corrected chi connectivity index (χ1v) is 5.49. The van der Waals surface area contributed by atoms with E-state index in [-0.39, 0.29) is 0 Å². The lowest BCUT2D eigenvalue weighted by molar-refractivity contribution is 0.259. The van der Waals surface area contributed by atoms with E-state index in [1.165, 1.54) is 6.20 Å². The number of H-pyrrole nitrogens is 1. The maximum absolute atomic E-state index is 10.8. The molecule has 0 unspecified atom stereocenters. The van der Waals surface area contributed by atoms with Crippen LogP contribution >= 0.6 is 0 Å². The molecule has 0 spiro atoms. The van der Waals surface area contributed by atoms with Gasteiger partial charge < -0.3 is 16.8 Å². The summed E-state index contributed by atoms with van der Waals surface area (Å²) in [5.74, 6) is 0.394. The van der Waals surface area contributed by atoms with Gasteiger partial charge in [-0.05, 0) is 12.1 Å². The fourth-order valence-electron chi connectivity index (χ4n) is 1.93. The number of aromatic amines is 1. The number of nitrogen functional groups attached to an aromatic ring is 1. The Hall–Kier alpha value is -3.03. The number of urea groups is 1. The minimum atomic E-state index is -0.638. The number of anilines is 2. The summed E-state index contributed by atoms with van der Waals surface area (Å²) in [5.41, 5.74) is 13.0. The molecule has 0 aliphatic rings. The Balaban J connectivity index is 2.11. The van der Waals surface area contributed by atoms with Crippen LogP contribution in [0.4, 0.5) is 16.3 Å². The molecule has 0 atom stereocenters. The first-order chi connectivity index (χ1) is 9.15. The predicted molar refractivity (Wildman–Crippen MR) is 70.8 cm³/mol. The number of carbonyl (C=O) groups is 1. The third kappa shape index (κ3) is 1.84. The largest absolute Gasteiger partial charge is 0.382 e. The number of nitrogens with one attached hydrogen (secondary N) is 2. The Labute approximate surface area is 107 Å². The van der Waals surface area contributed by atoms with Crippen molar-refractivity contribution in [1.82, 2.24) is 20.0 Å². The quantitative estimate of drug-likeness (QED) is 0.541. The van der Waals surface area contributed by atoms with Gasteiger partial charge in [0.2, 0.25) is 0 Å². The molecular weight excluding hydrogens is 246 g/mol. The van der Waals surface area contributed by atoms with Crippen LogP contribution < -0.4 is 16.8 Å². The van der Waals surface area contributed by atoms with Crippen molar-refractivity contribution in [2.45, 2.75) is 0 Å². The van der Waals surface area contributed by atoms with E-state index in [1.807, 2.05) is 18.2 Å². The molecule has 0 radical (unpaired) electrons. The summed E-state index contributed by atoms with van der Waals surface area (Å²) in [6.07, 6.45) is 3.14. The summed E-state index contributed by atoms with van der Waals surface area (Å²) in [4.78, 5) is 10.8. The molecule has 96 valence electrons. The number of rotatable bonds is 2. The van der Waals surface area contributed by atoms with Crippen molar-refractivity contribution < 1.29 is 4.79 Å². The molecule has 1 aromatic carbocycles. The molecule has 0 saturated heterocycles. The summed E-state index contributed by atoms with van der Waals surface area (Å²) < 4.78 is 1.60. The second-order valence-electron chi connectivity index (χ2n) is 3.97. The number of primary amides is 1. The fourth-order valence-corrected chi connectivity index (χ4v) is 1.93. The number of aromatic nitrogens is 4. The summed E-state index contributed by atoms with van der Waals surface area (Å²) >= 11 is 0. The van der Waals surface area contributed by atoms with Crippen molar-refractivity contribution in [1.29, 1.82) is 0 Å². The highest BCUT2D eigenvalue weighted by atomic mass is 16.2. The summed E-state index contributed by atoms with van der Waals surface area (Å²) in [7, 11) is 0. The van der Waals surface area contributed by atoms with Gasteiger partial charge >= 0.3 is 6.03 Å². The van der Waals surface area contributed by atoms with Crippen LogP contribution in [-0.2, 0) is 0 Å². The number of hydrogen-bond donors (Lipinski definition) is 4.